The van der Waals surface area contributed by atoms with Crippen LogP contribution < -0.4 is 15.2 Å². The molecular weight excluding hydrogens is 414 g/mol. The van der Waals surface area contributed by atoms with Gasteiger partial charge in [-0.1, -0.05) is 49.2 Å². The maximum absolute atomic E-state index is 11.8. The number of nitrogens with zero attached hydrogens (tertiary/aromatic N) is 2. The molecule has 168 valence electrons. The third kappa shape index (κ3) is 4.04. The number of methoxy groups -OCH3 is 1. The number of carbonyl (C=O) groups is 1. The lowest BCUT2D eigenvalue weighted by molar-refractivity contribution is 0.100. The van der Waals surface area contributed by atoms with Crippen LogP contribution in [0.3, 0.4) is 0 Å². The van der Waals surface area contributed by atoms with Gasteiger partial charge in [-0.2, -0.15) is 0 Å². The molecule has 0 unspecified atom stereocenters. The maximum Gasteiger partial charge on any atom is 0.248 e. The van der Waals surface area contributed by atoms with Crippen LogP contribution in [-0.4, -0.2) is 22.6 Å². The van der Waals surface area contributed by atoms with Crippen LogP contribution in [0.15, 0.2) is 66.7 Å². The lowest BCUT2D eigenvalue weighted by atomic mass is 10.1. The minimum absolute atomic E-state index is 0.345. The Balaban J connectivity index is 1.66. The van der Waals surface area contributed by atoms with E-state index in [-0.39, 0.29) is 0 Å². The summed E-state index contributed by atoms with van der Waals surface area (Å²) < 4.78 is 14.3. The Morgan fingerprint density at radius 1 is 1.06 bits per heavy atom. The molecule has 1 fully saturated rings. The number of imidazole rings is 1. The van der Waals surface area contributed by atoms with Crippen molar-refractivity contribution in [3.05, 3.63) is 77.9 Å². The number of rotatable bonds is 7. The highest BCUT2D eigenvalue weighted by molar-refractivity contribution is 5.97. The molecule has 1 aliphatic carbocycles. The Hall–Kier alpha value is -3.80. The molecule has 1 aliphatic rings. The number of ether oxygens (including phenoxy) is 2. The molecule has 3 aromatic carbocycles. The van der Waals surface area contributed by atoms with Crippen molar-refractivity contribution in [3.8, 4) is 22.9 Å². The molecule has 1 amide bonds. The standard InChI is InChI=1S/C27H27N3O3/c1-32-24-13-7-12-21(25(24)33-17-18-8-3-2-4-9-18)27-29-22-16-19(26(28)31)14-15-23(22)30(27)20-10-5-6-11-20/h2-4,7-9,12-16,20H,5-6,10-11,17H2,1H3,(H2,28,31). The zero-order valence-electron chi connectivity index (χ0n) is 18.7. The van der Waals surface area contributed by atoms with Gasteiger partial charge in [0, 0.05) is 11.6 Å². The van der Waals surface area contributed by atoms with Crippen LogP contribution >= 0.6 is 0 Å². The van der Waals surface area contributed by atoms with Crippen molar-refractivity contribution in [1.82, 2.24) is 9.55 Å². The van der Waals surface area contributed by atoms with E-state index in [0.29, 0.717) is 29.7 Å². The highest BCUT2D eigenvalue weighted by Gasteiger charge is 2.26. The van der Waals surface area contributed by atoms with Gasteiger partial charge in [0.1, 0.15) is 12.4 Å². The fraction of sp³-hybridized carbons (Fsp3) is 0.259. The second-order valence-electron chi connectivity index (χ2n) is 8.42. The minimum Gasteiger partial charge on any atom is -0.493 e. The average Bonchev–Trinajstić information content (AvgIpc) is 3.50. The summed E-state index contributed by atoms with van der Waals surface area (Å²) in [5.41, 5.74) is 9.68. The first-order valence-corrected chi connectivity index (χ1v) is 11.3. The monoisotopic (exact) mass is 441 g/mol. The van der Waals surface area contributed by atoms with Crippen molar-refractivity contribution in [2.45, 2.75) is 38.3 Å². The smallest absolute Gasteiger partial charge is 0.248 e. The van der Waals surface area contributed by atoms with Gasteiger partial charge in [0.05, 0.1) is 23.7 Å². The minimum atomic E-state index is -0.456. The van der Waals surface area contributed by atoms with Gasteiger partial charge in [0.2, 0.25) is 5.91 Å². The van der Waals surface area contributed by atoms with Gasteiger partial charge in [0.15, 0.2) is 11.5 Å². The van der Waals surface area contributed by atoms with E-state index in [1.165, 1.54) is 12.8 Å². The van der Waals surface area contributed by atoms with E-state index < -0.39 is 5.91 Å². The first-order chi connectivity index (χ1) is 16.2. The van der Waals surface area contributed by atoms with Crippen LogP contribution in [0, 0.1) is 0 Å². The molecule has 0 atom stereocenters. The fourth-order valence-corrected chi connectivity index (χ4v) is 4.71. The molecule has 33 heavy (non-hydrogen) atoms. The van der Waals surface area contributed by atoms with Crippen LogP contribution in [0.25, 0.3) is 22.4 Å². The normalized spacial score (nSPS) is 14.0. The van der Waals surface area contributed by atoms with E-state index in [1.54, 1.807) is 19.2 Å². The summed E-state index contributed by atoms with van der Waals surface area (Å²) in [6.07, 6.45) is 4.58. The second-order valence-corrected chi connectivity index (χ2v) is 8.42. The molecule has 6 nitrogen and oxygen atoms in total. The van der Waals surface area contributed by atoms with Crippen LogP contribution in [0.1, 0.15) is 47.6 Å². The zero-order chi connectivity index (χ0) is 22.8. The summed E-state index contributed by atoms with van der Waals surface area (Å²) >= 11 is 0. The predicted octanol–water partition coefficient (Wildman–Crippen LogP) is 5.50. The van der Waals surface area contributed by atoms with Crippen molar-refractivity contribution in [2.75, 3.05) is 7.11 Å². The van der Waals surface area contributed by atoms with Gasteiger partial charge < -0.3 is 19.8 Å². The van der Waals surface area contributed by atoms with Crippen LogP contribution in [0.4, 0.5) is 0 Å². The first-order valence-electron chi connectivity index (χ1n) is 11.3. The Morgan fingerprint density at radius 3 is 2.58 bits per heavy atom. The number of carbonyl (C=O) groups excluding carboxylic acids is 1. The quantitative estimate of drug-likeness (QED) is 0.410. The Labute approximate surface area is 193 Å². The van der Waals surface area contributed by atoms with E-state index >= 15 is 0 Å². The molecule has 6 heteroatoms. The number of para-hydroxylation sites is 1. The van der Waals surface area contributed by atoms with Crippen LogP contribution in [-0.2, 0) is 6.61 Å². The topological polar surface area (TPSA) is 79.4 Å². The fourth-order valence-electron chi connectivity index (χ4n) is 4.71. The zero-order valence-corrected chi connectivity index (χ0v) is 18.7. The summed E-state index contributed by atoms with van der Waals surface area (Å²) in [4.78, 5) is 16.8. The van der Waals surface area contributed by atoms with Gasteiger partial charge >= 0.3 is 0 Å². The Bertz CT molecular complexity index is 1290. The summed E-state index contributed by atoms with van der Waals surface area (Å²) in [5.74, 6) is 1.68. The van der Waals surface area contributed by atoms with Gasteiger partial charge in [-0.25, -0.2) is 4.98 Å². The van der Waals surface area contributed by atoms with Crippen molar-refractivity contribution in [3.63, 3.8) is 0 Å². The van der Waals surface area contributed by atoms with Gasteiger partial charge in [-0.05, 0) is 48.7 Å². The van der Waals surface area contributed by atoms with Gasteiger partial charge in [-0.3, -0.25) is 4.79 Å². The van der Waals surface area contributed by atoms with Crippen molar-refractivity contribution in [1.29, 1.82) is 0 Å². The van der Waals surface area contributed by atoms with Crippen LogP contribution in [0.2, 0.25) is 0 Å². The third-order valence-corrected chi connectivity index (χ3v) is 6.33. The van der Waals surface area contributed by atoms with E-state index in [1.807, 2.05) is 54.6 Å². The Kier molecular flexibility index (Phi) is 5.73. The first kappa shape index (κ1) is 21.1. The number of primary amides is 1. The van der Waals surface area contributed by atoms with Crippen LogP contribution in [0.5, 0.6) is 11.5 Å². The molecule has 0 saturated heterocycles. The molecule has 0 bridgehead atoms. The lowest BCUT2D eigenvalue weighted by Crippen LogP contribution is -2.11. The molecule has 2 N–H and O–H groups in total. The Morgan fingerprint density at radius 2 is 1.85 bits per heavy atom. The second kappa shape index (κ2) is 8.98. The maximum atomic E-state index is 11.8. The summed E-state index contributed by atoms with van der Waals surface area (Å²) in [7, 11) is 1.65. The molecule has 1 heterocycles. The molecule has 4 aromatic rings. The summed E-state index contributed by atoms with van der Waals surface area (Å²) in [5, 5.41) is 0. The van der Waals surface area contributed by atoms with E-state index in [4.69, 9.17) is 20.2 Å². The predicted molar refractivity (Wildman–Crippen MR) is 129 cm³/mol. The number of amides is 1. The number of aromatic nitrogens is 2. The molecule has 1 saturated carbocycles. The molecule has 0 radical (unpaired) electrons. The van der Waals surface area contributed by atoms with E-state index in [0.717, 1.165) is 40.8 Å². The number of fused-ring (bicyclic) bond motifs is 1. The number of hydrogen-bond acceptors (Lipinski definition) is 4. The molecule has 0 spiro atoms. The van der Waals surface area contributed by atoms with Gasteiger partial charge in [-0.15, -0.1) is 0 Å². The van der Waals surface area contributed by atoms with Crippen molar-refractivity contribution < 1.29 is 14.3 Å². The molecule has 0 aliphatic heterocycles. The third-order valence-electron chi connectivity index (χ3n) is 6.33. The molecule has 1 aromatic heterocycles. The largest absolute Gasteiger partial charge is 0.493 e. The average molecular weight is 442 g/mol. The number of benzene rings is 3. The van der Waals surface area contributed by atoms with Crippen molar-refractivity contribution in [2.24, 2.45) is 5.73 Å². The van der Waals surface area contributed by atoms with Crippen molar-refractivity contribution >= 4 is 16.9 Å². The summed E-state index contributed by atoms with van der Waals surface area (Å²) in [6.45, 7) is 0.420. The highest BCUT2D eigenvalue weighted by atomic mass is 16.5. The number of nitrogens with two attached hydrogens (primary N) is 1. The van der Waals surface area contributed by atoms with E-state index in [9.17, 15) is 4.79 Å². The van der Waals surface area contributed by atoms with E-state index in [2.05, 4.69) is 4.57 Å². The number of hydrogen-bond donors (Lipinski definition) is 1. The summed E-state index contributed by atoms with van der Waals surface area (Å²) in [6, 6.07) is 21.8. The SMILES string of the molecule is COc1cccc(-c2nc3cc(C(N)=O)ccc3n2C2CCCC2)c1OCc1ccccc1. The lowest BCUT2D eigenvalue weighted by Gasteiger charge is -2.19. The molecular formula is C27H27N3O3. The molecule has 5 rings (SSSR count). The highest BCUT2D eigenvalue weighted by Crippen LogP contribution is 2.43. The van der Waals surface area contributed by atoms with Gasteiger partial charge in [0.25, 0.3) is 0 Å².